The molecule has 0 aliphatic carbocycles. The minimum absolute atomic E-state index is 0.0421. The molecule has 7 heteroatoms. The van der Waals surface area contributed by atoms with Crippen molar-refractivity contribution < 1.29 is 9.66 Å². The normalized spacial score (nSPS) is 14.8. The molecule has 3 rings (SSSR count). The van der Waals surface area contributed by atoms with E-state index in [9.17, 15) is 10.1 Å². The lowest BCUT2D eigenvalue weighted by atomic mass is 10.1. The van der Waals surface area contributed by atoms with Gasteiger partial charge in [-0.05, 0) is 11.6 Å². The second-order valence-electron chi connectivity index (χ2n) is 5.78. The molecule has 0 amide bonds. The summed E-state index contributed by atoms with van der Waals surface area (Å²) in [5, 5.41) is 14.1. The minimum Gasteiger partial charge on any atom is -0.378 e. The number of nitro benzene ring substituents is 1. The van der Waals surface area contributed by atoms with Crippen LogP contribution in [0.4, 0.5) is 11.4 Å². The van der Waals surface area contributed by atoms with E-state index in [2.05, 4.69) is 10.2 Å². The summed E-state index contributed by atoms with van der Waals surface area (Å²) in [4.78, 5) is 13.4. The molecule has 0 atom stereocenters. The van der Waals surface area contributed by atoms with E-state index in [0.717, 1.165) is 29.2 Å². The first-order valence-electron chi connectivity index (χ1n) is 8.29. The van der Waals surface area contributed by atoms with E-state index in [4.69, 9.17) is 17.0 Å². The Kier molecular flexibility index (Phi) is 5.93. The zero-order chi connectivity index (χ0) is 18.4. The first-order chi connectivity index (χ1) is 12.6. The first-order valence-corrected chi connectivity index (χ1v) is 8.69. The smallest absolute Gasteiger partial charge is 0.271 e. The van der Waals surface area contributed by atoms with Crippen molar-refractivity contribution in [2.75, 3.05) is 31.6 Å². The van der Waals surface area contributed by atoms with Gasteiger partial charge in [-0.25, -0.2) is 0 Å². The highest BCUT2D eigenvalue weighted by molar-refractivity contribution is 7.81. The molecular formula is C19H19N3O3S. The van der Waals surface area contributed by atoms with Gasteiger partial charge in [-0.15, -0.1) is 0 Å². The van der Waals surface area contributed by atoms with Crippen LogP contribution < -0.4 is 5.32 Å². The van der Waals surface area contributed by atoms with E-state index < -0.39 is 4.92 Å². The van der Waals surface area contributed by atoms with Crippen LogP contribution in [0.2, 0.25) is 0 Å². The highest BCUT2D eigenvalue weighted by Crippen LogP contribution is 2.22. The molecule has 26 heavy (non-hydrogen) atoms. The Balaban J connectivity index is 1.87. The zero-order valence-electron chi connectivity index (χ0n) is 14.1. The van der Waals surface area contributed by atoms with Crippen LogP contribution in [0.15, 0.2) is 60.8 Å². The summed E-state index contributed by atoms with van der Waals surface area (Å²) in [5.74, 6) is 0. The molecule has 0 unspecified atom stereocenters. The van der Waals surface area contributed by atoms with E-state index >= 15 is 0 Å². The van der Waals surface area contributed by atoms with Crippen LogP contribution in [0, 0.1) is 10.1 Å². The average molecular weight is 369 g/mol. The lowest BCUT2D eigenvalue weighted by Crippen LogP contribution is -2.40. The van der Waals surface area contributed by atoms with Crippen LogP contribution >= 0.6 is 12.2 Å². The molecule has 0 aromatic heterocycles. The van der Waals surface area contributed by atoms with Crippen molar-refractivity contribution in [2.24, 2.45) is 0 Å². The van der Waals surface area contributed by atoms with Gasteiger partial charge in [-0.3, -0.25) is 10.1 Å². The molecular weight excluding hydrogens is 350 g/mol. The number of nitrogens with zero attached hydrogens (tertiary/aromatic N) is 2. The van der Waals surface area contributed by atoms with Crippen molar-refractivity contribution in [2.45, 2.75) is 0 Å². The van der Waals surface area contributed by atoms with Crippen LogP contribution in [0.25, 0.3) is 5.57 Å². The predicted octanol–water partition coefficient (Wildman–Crippen LogP) is 3.71. The largest absolute Gasteiger partial charge is 0.378 e. The van der Waals surface area contributed by atoms with Gasteiger partial charge in [0.2, 0.25) is 0 Å². The number of rotatable bonds is 5. The molecule has 1 saturated heterocycles. The van der Waals surface area contributed by atoms with Gasteiger partial charge in [0.25, 0.3) is 5.69 Å². The van der Waals surface area contributed by atoms with E-state index in [1.54, 1.807) is 12.1 Å². The van der Waals surface area contributed by atoms with E-state index in [0.29, 0.717) is 18.9 Å². The third kappa shape index (κ3) is 4.44. The number of nitro groups is 1. The second-order valence-corrected chi connectivity index (χ2v) is 6.17. The molecule has 1 aliphatic rings. The molecule has 1 heterocycles. The molecule has 0 radical (unpaired) electrons. The van der Waals surface area contributed by atoms with Crippen molar-refractivity contribution in [3.63, 3.8) is 0 Å². The van der Waals surface area contributed by atoms with E-state index in [1.165, 1.54) is 12.1 Å². The monoisotopic (exact) mass is 369 g/mol. The molecule has 2 aromatic carbocycles. The van der Waals surface area contributed by atoms with Crippen LogP contribution in [0.5, 0.6) is 0 Å². The highest BCUT2D eigenvalue weighted by atomic mass is 32.1. The van der Waals surface area contributed by atoms with Crippen LogP contribution in [-0.4, -0.2) is 41.1 Å². The third-order valence-electron chi connectivity index (χ3n) is 4.05. The third-order valence-corrected chi connectivity index (χ3v) is 4.53. The predicted molar refractivity (Wildman–Crippen MR) is 106 cm³/mol. The maximum Gasteiger partial charge on any atom is 0.271 e. The van der Waals surface area contributed by atoms with Crippen molar-refractivity contribution in [1.82, 2.24) is 4.90 Å². The van der Waals surface area contributed by atoms with E-state index in [1.807, 2.05) is 36.5 Å². The molecule has 1 fully saturated rings. The van der Waals surface area contributed by atoms with Crippen LogP contribution in [0.1, 0.15) is 5.56 Å². The Morgan fingerprint density at radius 3 is 2.58 bits per heavy atom. The van der Waals surface area contributed by atoms with E-state index in [-0.39, 0.29) is 5.69 Å². The van der Waals surface area contributed by atoms with Crippen molar-refractivity contribution >= 4 is 34.2 Å². The topological polar surface area (TPSA) is 67.6 Å². The number of non-ortho nitro benzene ring substituents is 1. The summed E-state index contributed by atoms with van der Waals surface area (Å²) in [6.07, 6.45) is 1.81. The second kappa shape index (κ2) is 8.55. The number of nitrogens with one attached hydrogen (secondary N) is 1. The molecule has 6 nitrogen and oxygen atoms in total. The number of anilines is 1. The molecule has 134 valence electrons. The Hall–Kier alpha value is -2.77. The lowest BCUT2D eigenvalue weighted by Gasteiger charge is -2.30. The first kappa shape index (κ1) is 18.0. The maximum atomic E-state index is 11.0. The quantitative estimate of drug-likeness (QED) is 0.375. The van der Waals surface area contributed by atoms with Gasteiger partial charge in [0.15, 0.2) is 0 Å². The number of thiocarbonyl (C=S) groups is 1. The molecule has 2 aromatic rings. The van der Waals surface area contributed by atoms with Gasteiger partial charge in [-0.2, -0.15) is 0 Å². The fourth-order valence-corrected chi connectivity index (χ4v) is 3.05. The van der Waals surface area contributed by atoms with Crippen molar-refractivity contribution in [1.29, 1.82) is 0 Å². The molecule has 1 N–H and O–H groups in total. The summed E-state index contributed by atoms with van der Waals surface area (Å²) < 4.78 is 5.40. The van der Waals surface area contributed by atoms with Crippen molar-refractivity contribution in [3.05, 3.63) is 76.5 Å². The van der Waals surface area contributed by atoms with Gasteiger partial charge >= 0.3 is 0 Å². The number of hydrogen-bond donors (Lipinski definition) is 1. The number of ether oxygens (including phenoxy) is 1. The van der Waals surface area contributed by atoms with Crippen LogP contribution in [-0.2, 0) is 4.74 Å². The van der Waals surface area contributed by atoms with Gasteiger partial charge in [0, 0.05) is 42.7 Å². The molecule has 0 saturated carbocycles. The van der Waals surface area contributed by atoms with Gasteiger partial charge in [0.1, 0.15) is 4.99 Å². The number of benzene rings is 2. The highest BCUT2D eigenvalue weighted by Gasteiger charge is 2.18. The van der Waals surface area contributed by atoms with Crippen molar-refractivity contribution in [3.8, 4) is 0 Å². The lowest BCUT2D eigenvalue weighted by molar-refractivity contribution is -0.384. The van der Waals surface area contributed by atoms with Gasteiger partial charge in [0.05, 0.1) is 18.1 Å². The minimum atomic E-state index is -0.411. The fraction of sp³-hybridized carbons (Fsp3) is 0.211. The Bertz CT molecular complexity index is 818. The summed E-state index contributed by atoms with van der Waals surface area (Å²) in [6, 6.07) is 16.2. The van der Waals surface area contributed by atoms with Gasteiger partial charge in [-0.1, -0.05) is 48.6 Å². The summed E-state index contributed by atoms with van der Waals surface area (Å²) in [5.41, 5.74) is 2.54. The Morgan fingerprint density at radius 2 is 1.88 bits per heavy atom. The molecule has 0 spiro atoms. The average Bonchev–Trinajstić information content (AvgIpc) is 2.69. The Labute approximate surface area is 157 Å². The standard InChI is InChI=1S/C19H19N3O3S/c23-22(24)17-8-4-7-16(13-17)20-14-18(15-5-2-1-3-6-15)19(26)21-9-11-25-12-10-21/h1-8,13-14,20H,9-12H2. The van der Waals surface area contributed by atoms with Gasteiger partial charge < -0.3 is 15.0 Å². The maximum absolute atomic E-state index is 11.0. The zero-order valence-corrected chi connectivity index (χ0v) is 14.9. The SMILES string of the molecule is O=[N+]([O-])c1cccc(NC=C(C(=S)N2CCOCC2)c2ccccc2)c1. The Morgan fingerprint density at radius 1 is 1.15 bits per heavy atom. The summed E-state index contributed by atoms with van der Waals surface area (Å²) in [7, 11) is 0. The number of hydrogen-bond acceptors (Lipinski definition) is 5. The molecule has 0 bridgehead atoms. The van der Waals surface area contributed by atoms with Crippen LogP contribution in [0.3, 0.4) is 0 Å². The number of morpholine rings is 1. The summed E-state index contributed by atoms with van der Waals surface area (Å²) >= 11 is 5.71. The molecule has 1 aliphatic heterocycles. The fourth-order valence-electron chi connectivity index (χ4n) is 2.69. The summed E-state index contributed by atoms with van der Waals surface area (Å²) in [6.45, 7) is 2.81.